The minimum atomic E-state index is -0.775. The first-order valence-corrected chi connectivity index (χ1v) is 16.1. The van der Waals surface area contributed by atoms with Gasteiger partial charge in [-0.2, -0.15) is 0 Å². The van der Waals surface area contributed by atoms with E-state index in [9.17, 15) is 4.79 Å². The van der Waals surface area contributed by atoms with E-state index in [1.807, 2.05) is 78.9 Å². The molecule has 0 saturated heterocycles. The van der Waals surface area contributed by atoms with Gasteiger partial charge in [0.25, 0.3) is 0 Å². The van der Waals surface area contributed by atoms with Crippen LogP contribution >= 0.6 is 11.3 Å². The van der Waals surface area contributed by atoms with Crippen LogP contribution in [0.25, 0.3) is 0 Å². The summed E-state index contributed by atoms with van der Waals surface area (Å²) in [6, 6.07) is 38.0. The fourth-order valence-electron chi connectivity index (χ4n) is 4.93. The summed E-state index contributed by atoms with van der Waals surface area (Å²) in [7, 11) is 1.62. The summed E-state index contributed by atoms with van der Waals surface area (Å²) in [5, 5.41) is 10.3. The normalized spacial score (nSPS) is 11.6. The van der Waals surface area contributed by atoms with Crippen LogP contribution in [-0.2, 0) is 36.0 Å². The summed E-state index contributed by atoms with van der Waals surface area (Å²) in [4.78, 5) is 23.5. The fourth-order valence-corrected chi connectivity index (χ4v) is 5.68. The number of aromatic nitrogens is 1. The summed E-state index contributed by atoms with van der Waals surface area (Å²) in [6.45, 7) is 3.13. The Kier molecular flexibility index (Phi) is 12.1. The van der Waals surface area contributed by atoms with Gasteiger partial charge in [0.05, 0.1) is 19.8 Å². The first-order chi connectivity index (χ1) is 23.1. The van der Waals surface area contributed by atoms with Crippen molar-refractivity contribution in [1.29, 1.82) is 0 Å². The Morgan fingerprint density at radius 3 is 1.98 bits per heavy atom. The standard InChI is InChI=1S/C37H37N3O6S/c1-3-44-35(41)34(40-46-25-28-19-21-32(22-20-28)45-27-43-24-23-42-2)33-26-47-36(38-33)39-37(29-13-7-4-8-14-29,30-15-9-5-10-16-30)31-17-11-6-12-18-31/h4-22,26H,3,23-25,27H2,1-2H3,(H,38,39). The van der Waals surface area contributed by atoms with Crippen LogP contribution in [0.4, 0.5) is 5.13 Å². The minimum Gasteiger partial charge on any atom is -0.468 e. The van der Waals surface area contributed by atoms with Gasteiger partial charge in [-0.1, -0.05) is 108 Å². The average molecular weight is 652 g/mol. The maximum absolute atomic E-state index is 13.0. The van der Waals surface area contributed by atoms with Crippen molar-refractivity contribution in [2.75, 3.05) is 39.0 Å². The Labute approximate surface area is 278 Å². The zero-order chi connectivity index (χ0) is 32.7. The van der Waals surface area contributed by atoms with Crippen LogP contribution in [0.15, 0.2) is 126 Å². The molecular formula is C37H37N3O6S. The number of ether oxygens (including phenoxy) is 4. The predicted molar refractivity (Wildman–Crippen MR) is 183 cm³/mol. The maximum atomic E-state index is 13.0. The molecule has 5 aromatic rings. The molecule has 0 bridgehead atoms. The molecule has 0 aliphatic heterocycles. The van der Waals surface area contributed by atoms with E-state index in [4.69, 9.17) is 28.8 Å². The molecule has 1 N–H and O–H groups in total. The number of carbonyl (C=O) groups excluding carboxylic acids is 1. The molecule has 0 unspecified atom stereocenters. The van der Waals surface area contributed by atoms with Gasteiger partial charge in [-0.05, 0) is 41.3 Å². The van der Waals surface area contributed by atoms with E-state index in [0.717, 1.165) is 22.3 Å². The predicted octanol–water partition coefficient (Wildman–Crippen LogP) is 7.03. The molecule has 0 aliphatic rings. The number of nitrogens with zero attached hydrogens (tertiary/aromatic N) is 2. The minimum absolute atomic E-state index is 0.0194. The monoisotopic (exact) mass is 651 g/mol. The lowest BCUT2D eigenvalue weighted by Crippen LogP contribution is -2.38. The maximum Gasteiger partial charge on any atom is 0.362 e. The molecule has 0 amide bonds. The van der Waals surface area contributed by atoms with Gasteiger partial charge >= 0.3 is 5.97 Å². The Balaban J connectivity index is 1.38. The molecule has 0 saturated carbocycles. The highest BCUT2D eigenvalue weighted by Crippen LogP contribution is 2.40. The van der Waals surface area contributed by atoms with Crippen molar-refractivity contribution in [2.45, 2.75) is 19.1 Å². The second-order valence-corrected chi connectivity index (χ2v) is 11.1. The first-order valence-electron chi connectivity index (χ1n) is 15.2. The molecule has 4 aromatic carbocycles. The van der Waals surface area contributed by atoms with Gasteiger partial charge in [0, 0.05) is 12.5 Å². The topological polar surface area (TPSA) is 101 Å². The number of methoxy groups -OCH3 is 1. The van der Waals surface area contributed by atoms with Gasteiger partial charge in [0.2, 0.25) is 5.71 Å². The van der Waals surface area contributed by atoms with Crippen molar-refractivity contribution >= 4 is 28.1 Å². The van der Waals surface area contributed by atoms with Gasteiger partial charge in [-0.3, -0.25) is 0 Å². The molecule has 1 heterocycles. The van der Waals surface area contributed by atoms with Crippen molar-refractivity contribution in [3.05, 3.63) is 149 Å². The van der Waals surface area contributed by atoms with E-state index in [1.54, 1.807) is 19.4 Å². The number of nitrogens with one attached hydrogen (secondary N) is 1. The highest BCUT2D eigenvalue weighted by atomic mass is 32.1. The quantitative estimate of drug-likeness (QED) is 0.0286. The molecule has 242 valence electrons. The molecule has 9 nitrogen and oxygen atoms in total. The van der Waals surface area contributed by atoms with Crippen LogP contribution in [0.3, 0.4) is 0 Å². The number of hydrogen-bond donors (Lipinski definition) is 1. The first kappa shape index (κ1) is 33.3. The Morgan fingerprint density at radius 2 is 1.43 bits per heavy atom. The molecule has 47 heavy (non-hydrogen) atoms. The molecular weight excluding hydrogens is 614 g/mol. The van der Waals surface area contributed by atoms with Crippen molar-refractivity contribution in [2.24, 2.45) is 5.16 Å². The van der Waals surface area contributed by atoms with Gasteiger partial charge in [-0.15, -0.1) is 11.3 Å². The van der Waals surface area contributed by atoms with Crippen molar-refractivity contribution in [3.8, 4) is 5.75 Å². The summed E-state index contributed by atoms with van der Waals surface area (Å²) >= 11 is 1.37. The van der Waals surface area contributed by atoms with Gasteiger partial charge in [-0.25, -0.2) is 9.78 Å². The van der Waals surface area contributed by atoms with Crippen LogP contribution in [0, 0.1) is 0 Å². The SMILES string of the molecule is CCOC(=O)C(=NOCc1ccc(OCOCCOC)cc1)c1csc(NC(c2ccccc2)(c2ccccc2)c2ccccc2)n1. The van der Waals surface area contributed by atoms with Crippen LogP contribution in [-0.4, -0.2) is 50.4 Å². The molecule has 5 rings (SSSR count). The second-order valence-electron chi connectivity index (χ2n) is 10.3. The Hall–Kier alpha value is -5.03. The van der Waals surface area contributed by atoms with Gasteiger partial charge in [0.1, 0.15) is 23.6 Å². The fraction of sp³-hybridized carbons (Fsp3) is 0.216. The molecule has 0 atom stereocenters. The van der Waals surface area contributed by atoms with E-state index < -0.39 is 11.5 Å². The zero-order valence-electron chi connectivity index (χ0n) is 26.3. The molecule has 0 radical (unpaired) electrons. The van der Waals surface area contributed by atoms with Crippen LogP contribution in [0.2, 0.25) is 0 Å². The molecule has 0 fully saturated rings. The number of anilines is 1. The third-order valence-electron chi connectivity index (χ3n) is 7.18. The highest BCUT2D eigenvalue weighted by molar-refractivity contribution is 7.14. The number of oxime groups is 1. The number of benzene rings is 4. The van der Waals surface area contributed by atoms with E-state index in [2.05, 4.69) is 46.9 Å². The summed E-state index contributed by atoms with van der Waals surface area (Å²) in [6.07, 6.45) is 0. The second kappa shape index (κ2) is 17.0. The lowest BCUT2D eigenvalue weighted by Gasteiger charge is -2.36. The van der Waals surface area contributed by atoms with Crippen LogP contribution in [0.1, 0.15) is 34.9 Å². The number of thiazole rings is 1. The molecule has 1 aromatic heterocycles. The van der Waals surface area contributed by atoms with Crippen LogP contribution < -0.4 is 10.1 Å². The number of hydrogen-bond acceptors (Lipinski definition) is 10. The Morgan fingerprint density at radius 1 is 0.830 bits per heavy atom. The number of carbonyl (C=O) groups is 1. The van der Waals surface area contributed by atoms with Crippen molar-refractivity contribution < 1.29 is 28.6 Å². The van der Waals surface area contributed by atoms with Crippen LogP contribution in [0.5, 0.6) is 5.75 Å². The Bertz CT molecular complexity index is 1600. The molecule has 0 spiro atoms. The number of rotatable bonds is 17. The molecule has 0 aliphatic carbocycles. The van der Waals surface area contributed by atoms with Gasteiger partial charge in [0.15, 0.2) is 11.9 Å². The van der Waals surface area contributed by atoms with Crippen molar-refractivity contribution in [3.63, 3.8) is 0 Å². The average Bonchev–Trinajstić information content (AvgIpc) is 3.58. The third kappa shape index (κ3) is 8.62. The summed E-state index contributed by atoms with van der Waals surface area (Å²) in [5.74, 6) is 0.0315. The van der Waals surface area contributed by atoms with E-state index >= 15 is 0 Å². The summed E-state index contributed by atoms with van der Waals surface area (Å²) in [5.41, 5.74) is 3.49. The molecule has 10 heteroatoms. The lowest BCUT2D eigenvalue weighted by atomic mass is 9.77. The number of esters is 1. The highest BCUT2D eigenvalue weighted by Gasteiger charge is 2.37. The van der Waals surface area contributed by atoms with Crippen molar-refractivity contribution in [1.82, 2.24) is 4.98 Å². The van der Waals surface area contributed by atoms with E-state index in [0.29, 0.717) is 29.8 Å². The lowest BCUT2D eigenvalue weighted by molar-refractivity contribution is -0.135. The van der Waals surface area contributed by atoms with E-state index in [-0.39, 0.29) is 25.7 Å². The van der Waals surface area contributed by atoms with E-state index in [1.165, 1.54) is 11.3 Å². The van der Waals surface area contributed by atoms with Gasteiger partial charge < -0.3 is 29.1 Å². The third-order valence-corrected chi connectivity index (χ3v) is 7.94. The summed E-state index contributed by atoms with van der Waals surface area (Å²) < 4.78 is 21.2. The largest absolute Gasteiger partial charge is 0.468 e. The zero-order valence-corrected chi connectivity index (χ0v) is 27.2. The smallest absolute Gasteiger partial charge is 0.362 e.